The second-order valence-corrected chi connectivity index (χ2v) is 2.94. The molecule has 2 N–H and O–H groups in total. The lowest BCUT2D eigenvalue weighted by molar-refractivity contribution is 0.518. The maximum atomic E-state index is 5.64. The molecule has 0 saturated heterocycles. The van der Waals surface area contributed by atoms with E-state index in [9.17, 15) is 0 Å². The molecule has 0 bridgehead atoms. The number of hydrogen-bond acceptors (Lipinski definition) is 3. The monoisotopic (exact) mass is 177 g/mol. The van der Waals surface area contributed by atoms with E-state index in [2.05, 4.69) is 5.10 Å². The van der Waals surface area contributed by atoms with Gasteiger partial charge in [-0.15, -0.1) is 0 Å². The van der Waals surface area contributed by atoms with Gasteiger partial charge in [-0.1, -0.05) is 0 Å². The van der Waals surface area contributed by atoms with Crippen molar-refractivity contribution in [3.8, 4) is 0 Å². The van der Waals surface area contributed by atoms with Crippen LogP contribution < -0.4 is 5.73 Å². The van der Waals surface area contributed by atoms with Crippen molar-refractivity contribution in [2.45, 2.75) is 6.42 Å². The first kappa shape index (κ1) is 7.91. The van der Waals surface area contributed by atoms with Crippen LogP contribution in [0.3, 0.4) is 0 Å². The molecule has 68 valence electrons. The van der Waals surface area contributed by atoms with Crippen LogP contribution in [0, 0.1) is 0 Å². The number of furan rings is 1. The number of anilines is 1. The summed E-state index contributed by atoms with van der Waals surface area (Å²) in [5.74, 6) is 1.57. The van der Waals surface area contributed by atoms with Crippen molar-refractivity contribution in [3.63, 3.8) is 0 Å². The standard InChI is InChI=1S/C9H11N3O/c1-12-9(10)6-7(11-12)5-8-3-2-4-13-8/h2-4,6H,5,10H2,1H3. The highest BCUT2D eigenvalue weighted by molar-refractivity contribution is 5.31. The molecule has 2 rings (SSSR count). The van der Waals surface area contributed by atoms with E-state index in [-0.39, 0.29) is 0 Å². The lowest BCUT2D eigenvalue weighted by Crippen LogP contribution is -1.97. The second-order valence-electron chi connectivity index (χ2n) is 2.94. The summed E-state index contributed by atoms with van der Waals surface area (Å²) in [5, 5.41) is 4.22. The van der Waals surface area contributed by atoms with Gasteiger partial charge in [0.2, 0.25) is 0 Å². The highest BCUT2D eigenvalue weighted by Gasteiger charge is 2.04. The lowest BCUT2D eigenvalue weighted by atomic mass is 10.2. The number of aromatic nitrogens is 2. The third-order valence-corrected chi connectivity index (χ3v) is 1.90. The SMILES string of the molecule is Cn1nc(Cc2ccco2)cc1N. The van der Waals surface area contributed by atoms with Gasteiger partial charge in [-0.25, -0.2) is 0 Å². The molecule has 0 fully saturated rings. The molecule has 13 heavy (non-hydrogen) atoms. The van der Waals surface area contributed by atoms with E-state index in [1.165, 1.54) is 0 Å². The number of aryl methyl sites for hydroxylation is 1. The van der Waals surface area contributed by atoms with Gasteiger partial charge in [0.05, 0.1) is 18.4 Å². The minimum atomic E-state index is 0.668. The molecule has 2 aromatic rings. The van der Waals surface area contributed by atoms with E-state index >= 15 is 0 Å². The summed E-state index contributed by atoms with van der Waals surface area (Å²) in [5.41, 5.74) is 6.57. The molecular weight excluding hydrogens is 166 g/mol. The number of hydrogen-bond donors (Lipinski definition) is 1. The quantitative estimate of drug-likeness (QED) is 0.749. The van der Waals surface area contributed by atoms with E-state index in [0.29, 0.717) is 12.2 Å². The fourth-order valence-corrected chi connectivity index (χ4v) is 1.22. The Morgan fingerprint density at radius 1 is 1.62 bits per heavy atom. The van der Waals surface area contributed by atoms with Crippen molar-refractivity contribution in [2.75, 3.05) is 5.73 Å². The Bertz CT molecular complexity index is 369. The summed E-state index contributed by atoms with van der Waals surface area (Å²) in [6.45, 7) is 0. The molecular formula is C9H11N3O. The Balaban J connectivity index is 2.19. The lowest BCUT2D eigenvalue weighted by Gasteiger charge is -1.90. The van der Waals surface area contributed by atoms with Gasteiger partial charge in [0, 0.05) is 13.1 Å². The third-order valence-electron chi connectivity index (χ3n) is 1.90. The summed E-state index contributed by atoms with van der Waals surface area (Å²) in [6, 6.07) is 5.63. The Labute approximate surface area is 76.0 Å². The summed E-state index contributed by atoms with van der Waals surface area (Å²) in [4.78, 5) is 0. The first-order valence-electron chi connectivity index (χ1n) is 4.06. The van der Waals surface area contributed by atoms with E-state index in [1.807, 2.05) is 25.2 Å². The smallest absolute Gasteiger partial charge is 0.121 e. The summed E-state index contributed by atoms with van der Waals surface area (Å²) in [6.07, 6.45) is 2.35. The van der Waals surface area contributed by atoms with Crippen LogP contribution in [0.2, 0.25) is 0 Å². The van der Waals surface area contributed by atoms with Gasteiger partial charge < -0.3 is 10.2 Å². The molecule has 0 saturated carbocycles. The van der Waals surface area contributed by atoms with Crippen LogP contribution in [-0.4, -0.2) is 9.78 Å². The van der Waals surface area contributed by atoms with Crippen LogP contribution in [0.15, 0.2) is 28.9 Å². The fraction of sp³-hybridized carbons (Fsp3) is 0.222. The van der Waals surface area contributed by atoms with Gasteiger partial charge in [-0.05, 0) is 12.1 Å². The molecule has 2 heterocycles. The summed E-state index contributed by atoms with van der Waals surface area (Å²) in [7, 11) is 1.82. The summed E-state index contributed by atoms with van der Waals surface area (Å²) < 4.78 is 6.85. The minimum Gasteiger partial charge on any atom is -0.469 e. The molecule has 0 atom stereocenters. The third kappa shape index (κ3) is 1.56. The molecule has 2 aromatic heterocycles. The van der Waals surface area contributed by atoms with Crippen LogP contribution >= 0.6 is 0 Å². The molecule has 0 aliphatic carbocycles. The minimum absolute atomic E-state index is 0.668. The molecule has 0 radical (unpaired) electrons. The molecule has 0 aromatic carbocycles. The van der Waals surface area contributed by atoms with E-state index in [4.69, 9.17) is 10.2 Å². The molecule has 0 aliphatic rings. The number of nitrogen functional groups attached to an aromatic ring is 1. The van der Waals surface area contributed by atoms with Crippen molar-refractivity contribution in [2.24, 2.45) is 7.05 Å². The normalized spacial score (nSPS) is 10.5. The van der Waals surface area contributed by atoms with Crippen molar-refractivity contribution in [3.05, 3.63) is 35.9 Å². The average molecular weight is 177 g/mol. The Hall–Kier alpha value is -1.71. The van der Waals surface area contributed by atoms with Crippen molar-refractivity contribution < 1.29 is 4.42 Å². The highest BCUT2D eigenvalue weighted by Crippen LogP contribution is 2.10. The van der Waals surface area contributed by atoms with Crippen LogP contribution in [0.25, 0.3) is 0 Å². The van der Waals surface area contributed by atoms with E-state index < -0.39 is 0 Å². The number of rotatable bonds is 2. The van der Waals surface area contributed by atoms with Crippen molar-refractivity contribution in [1.29, 1.82) is 0 Å². The predicted molar refractivity (Wildman–Crippen MR) is 49.1 cm³/mol. The Morgan fingerprint density at radius 3 is 3.00 bits per heavy atom. The van der Waals surface area contributed by atoms with Gasteiger partial charge in [0.15, 0.2) is 0 Å². The first-order chi connectivity index (χ1) is 6.25. The van der Waals surface area contributed by atoms with Crippen molar-refractivity contribution in [1.82, 2.24) is 9.78 Å². The van der Waals surface area contributed by atoms with Crippen LogP contribution in [0.4, 0.5) is 5.82 Å². The first-order valence-corrected chi connectivity index (χ1v) is 4.06. The maximum Gasteiger partial charge on any atom is 0.121 e. The van der Waals surface area contributed by atoms with Gasteiger partial charge in [-0.3, -0.25) is 4.68 Å². The molecule has 0 spiro atoms. The molecule has 4 heteroatoms. The predicted octanol–water partition coefficient (Wildman–Crippen LogP) is 1.19. The topological polar surface area (TPSA) is 57.0 Å². The number of nitrogens with zero attached hydrogens (tertiary/aromatic N) is 2. The Morgan fingerprint density at radius 2 is 2.46 bits per heavy atom. The van der Waals surface area contributed by atoms with E-state index in [1.54, 1.807) is 10.9 Å². The molecule has 0 aliphatic heterocycles. The Kier molecular flexibility index (Phi) is 1.81. The summed E-state index contributed by atoms with van der Waals surface area (Å²) >= 11 is 0. The zero-order valence-electron chi connectivity index (χ0n) is 7.40. The molecule has 0 amide bonds. The van der Waals surface area contributed by atoms with Gasteiger partial charge in [0.1, 0.15) is 11.6 Å². The van der Waals surface area contributed by atoms with Gasteiger partial charge >= 0.3 is 0 Å². The van der Waals surface area contributed by atoms with Crippen LogP contribution in [0.5, 0.6) is 0 Å². The second kappa shape index (κ2) is 2.97. The van der Waals surface area contributed by atoms with Crippen LogP contribution in [-0.2, 0) is 13.5 Å². The fourth-order valence-electron chi connectivity index (χ4n) is 1.22. The van der Waals surface area contributed by atoms with Crippen molar-refractivity contribution >= 4 is 5.82 Å². The van der Waals surface area contributed by atoms with Crippen LogP contribution in [0.1, 0.15) is 11.5 Å². The average Bonchev–Trinajstić information content (AvgIpc) is 2.64. The maximum absolute atomic E-state index is 5.64. The zero-order valence-corrected chi connectivity index (χ0v) is 7.40. The highest BCUT2D eigenvalue weighted by atomic mass is 16.3. The van der Waals surface area contributed by atoms with E-state index in [0.717, 1.165) is 11.5 Å². The largest absolute Gasteiger partial charge is 0.469 e. The van der Waals surface area contributed by atoms with Gasteiger partial charge in [-0.2, -0.15) is 5.10 Å². The number of nitrogens with two attached hydrogens (primary N) is 1. The van der Waals surface area contributed by atoms with Gasteiger partial charge in [0.25, 0.3) is 0 Å². The molecule has 0 unspecified atom stereocenters. The molecule has 4 nitrogen and oxygen atoms in total. The zero-order chi connectivity index (χ0) is 9.26.